The SMILES string of the molecule is CC(C)(C)C(CCO)NC(=O)COc1cccc(F)c1. The Bertz CT molecular complexity index is 443. The zero-order chi connectivity index (χ0) is 15.2. The van der Waals surface area contributed by atoms with Crippen LogP contribution >= 0.6 is 0 Å². The number of ether oxygens (including phenoxy) is 1. The maximum absolute atomic E-state index is 13.0. The zero-order valence-corrected chi connectivity index (χ0v) is 12.1. The third-order valence-corrected chi connectivity index (χ3v) is 2.96. The second kappa shape index (κ2) is 7.24. The van der Waals surface area contributed by atoms with Crippen LogP contribution in [0, 0.1) is 11.2 Å². The first-order chi connectivity index (χ1) is 9.32. The molecule has 20 heavy (non-hydrogen) atoms. The van der Waals surface area contributed by atoms with Crippen molar-refractivity contribution < 1.29 is 19.0 Å². The molecule has 4 nitrogen and oxygen atoms in total. The average molecular weight is 283 g/mol. The lowest BCUT2D eigenvalue weighted by molar-refractivity contribution is -0.124. The molecular formula is C15H22FNO3. The van der Waals surface area contributed by atoms with E-state index in [0.717, 1.165) is 0 Å². The largest absolute Gasteiger partial charge is 0.484 e. The van der Waals surface area contributed by atoms with E-state index in [1.807, 2.05) is 20.8 Å². The molecule has 112 valence electrons. The summed E-state index contributed by atoms with van der Waals surface area (Å²) in [5, 5.41) is 11.9. The van der Waals surface area contributed by atoms with E-state index in [2.05, 4.69) is 5.32 Å². The molecule has 0 aliphatic carbocycles. The molecule has 1 unspecified atom stereocenters. The van der Waals surface area contributed by atoms with Crippen molar-refractivity contribution in [3.05, 3.63) is 30.1 Å². The molecule has 1 aromatic rings. The average Bonchev–Trinajstić information content (AvgIpc) is 2.35. The Hall–Kier alpha value is -1.62. The van der Waals surface area contributed by atoms with Gasteiger partial charge in [-0.25, -0.2) is 4.39 Å². The Balaban J connectivity index is 2.50. The van der Waals surface area contributed by atoms with E-state index in [-0.39, 0.29) is 30.6 Å². The molecule has 0 heterocycles. The standard InChI is InChI=1S/C15H22FNO3/c1-15(2,3)13(7-8-18)17-14(19)10-20-12-6-4-5-11(16)9-12/h4-6,9,13,18H,7-8,10H2,1-3H3,(H,17,19). The lowest BCUT2D eigenvalue weighted by Gasteiger charge is -2.31. The van der Waals surface area contributed by atoms with Crippen LogP contribution in [0.4, 0.5) is 4.39 Å². The summed E-state index contributed by atoms with van der Waals surface area (Å²) >= 11 is 0. The van der Waals surface area contributed by atoms with E-state index in [1.54, 1.807) is 6.07 Å². The Morgan fingerprint density at radius 3 is 2.70 bits per heavy atom. The Kier molecular flexibility index (Phi) is 5.95. The van der Waals surface area contributed by atoms with Crippen LogP contribution in [-0.4, -0.2) is 30.3 Å². The normalized spacial score (nSPS) is 12.8. The zero-order valence-electron chi connectivity index (χ0n) is 12.1. The number of hydrogen-bond acceptors (Lipinski definition) is 3. The van der Waals surface area contributed by atoms with E-state index in [1.165, 1.54) is 18.2 Å². The molecule has 0 fully saturated rings. The second-order valence-electron chi connectivity index (χ2n) is 5.74. The molecule has 1 atom stereocenters. The highest BCUT2D eigenvalue weighted by Gasteiger charge is 2.25. The molecule has 0 bridgehead atoms. The number of aliphatic hydroxyl groups excluding tert-OH is 1. The summed E-state index contributed by atoms with van der Waals surface area (Å²) in [6.45, 7) is 5.79. The van der Waals surface area contributed by atoms with E-state index in [0.29, 0.717) is 12.2 Å². The Labute approximate surface area is 119 Å². The fourth-order valence-electron chi connectivity index (χ4n) is 1.79. The van der Waals surface area contributed by atoms with Crippen LogP contribution in [0.3, 0.4) is 0 Å². The van der Waals surface area contributed by atoms with Gasteiger partial charge in [0.25, 0.3) is 5.91 Å². The van der Waals surface area contributed by atoms with Gasteiger partial charge in [-0.2, -0.15) is 0 Å². The maximum Gasteiger partial charge on any atom is 0.258 e. The van der Waals surface area contributed by atoms with Crippen molar-refractivity contribution in [1.29, 1.82) is 0 Å². The number of hydrogen-bond donors (Lipinski definition) is 2. The topological polar surface area (TPSA) is 58.6 Å². The molecular weight excluding hydrogens is 261 g/mol. The molecule has 0 radical (unpaired) electrons. The summed E-state index contributed by atoms with van der Waals surface area (Å²) in [6.07, 6.45) is 0.481. The number of amides is 1. The minimum Gasteiger partial charge on any atom is -0.484 e. The summed E-state index contributed by atoms with van der Waals surface area (Å²) in [6, 6.07) is 5.50. The quantitative estimate of drug-likeness (QED) is 0.840. The summed E-state index contributed by atoms with van der Waals surface area (Å²) in [5.41, 5.74) is -0.156. The van der Waals surface area contributed by atoms with Gasteiger partial charge in [0.2, 0.25) is 0 Å². The number of carbonyl (C=O) groups is 1. The van der Waals surface area contributed by atoms with Crippen LogP contribution in [0.1, 0.15) is 27.2 Å². The molecule has 0 saturated carbocycles. The van der Waals surface area contributed by atoms with Gasteiger partial charge in [-0.15, -0.1) is 0 Å². The van der Waals surface area contributed by atoms with E-state index < -0.39 is 5.82 Å². The van der Waals surface area contributed by atoms with E-state index in [4.69, 9.17) is 9.84 Å². The van der Waals surface area contributed by atoms with E-state index >= 15 is 0 Å². The molecule has 0 aliphatic rings. The lowest BCUT2D eigenvalue weighted by Crippen LogP contribution is -2.46. The molecule has 1 rings (SSSR count). The molecule has 0 saturated heterocycles. The third-order valence-electron chi connectivity index (χ3n) is 2.96. The van der Waals surface area contributed by atoms with Gasteiger partial charge < -0.3 is 15.2 Å². The maximum atomic E-state index is 13.0. The minimum absolute atomic E-state index is 0.00691. The van der Waals surface area contributed by atoms with Gasteiger partial charge in [0.15, 0.2) is 6.61 Å². The van der Waals surface area contributed by atoms with Crippen molar-refractivity contribution in [3.8, 4) is 5.75 Å². The van der Waals surface area contributed by atoms with Crippen LogP contribution in [0.2, 0.25) is 0 Å². The highest BCUT2D eigenvalue weighted by Crippen LogP contribution is 2.21. The first kappa shape index (κ1) is 16.4. The fourth-order valence-corrected chi connectivity index (χ4v) is 1.79. The first-order valence-corrected chi connectivity index (χ1v) is 6.61. The van der Waals surface area contributed by atoms with Crippen molar-refractivity contribution in [2.45, 2.75) is 33.2 Å². The fraction of sp³-hybridized carbons (Fsp3) is 0.533. The molecule has 0 aromatic heterocycles. The second-order valence-corrected chi connectivity index (χ2v) is 5.74. The number of halogens is 1. The molecule has 1 aromatic carbocycles. The van der Waals surface area contributed by atoms with Crippen molar-refractivity contribution in [3.63, 3.8) is 0 Å². The number of carbonyl (C=O) groups excluding carboxylic acids is 1. The van der Waals surface area contributed by atoms with Gasteiger partial charge in [0.1, 0.15) is 11.6 Å². The number of benzene rings is 1. The van der Waals surface area contributed by atoms with Crippen LogP contribution in [0.5, 0.6) is 5.75 Å². The minimum atomic E-state index is -0.407. The molecule has 0 spiro atoms. The number of nitrogens with one attached hydrogen (secondary N) is 1. The monoisotopic (exact) mass is 283 g/mol. The first-order valence-electron chi connectivity index (χ1n) is 6.61. The van der Waals surface area contributed by atoms with Gasteiger partial charge in [-0.05, 0) is 24.0 Å². The summed E-state index contributed by atoms with van der Waals surface area (Å²) < 4.78 is 18.2. The van der Waals surface area contributed by atoms with Crippen molar-refractivity contribution >= 4 is 5.91 Å². The smallest absolute Gasteiger partial charge is 0.258 e. The van der Waals surface area contributed by atoms with Gasteiger partial charge in [-0.3, -0.25) is 4.79 Å². The van der Waals surface area contributed by atoms with Gasteiger partial charge in [-0.1, -0.05) is 26.8 Å². The molecule has 1 amide bonds. The van der Waals surface area contributed by atoms with E-state index in [9.17, 15) is 9.18 Å². The highest BCUT2D eigenvalue weighted by molar-refractivity contribution is 5.77. The molecule has 0 aliphatic heterocycles. The Morgan fingerprint density at radius 1 is 1.45 bits per heavy atom. The summed E-state index contributed by atoms with van der Waals surface area (Å²) in [5.74, 6) is -0.381. The van der Waals surface area contributed by atoms with Crippen molar-refractivity contribution in [2.24, 2.45) is 5.41 Å². The van der Waals surface area contributed by atoms with Crippen molar-refractivity contribution in [2.75, 3.05) is 13.2 Å². The number of aliphatic hydroxyl groups is 1. The predicted molar refractivity (Wildman–Crippen MR) is 75.0 cm³/mol. The van der Waals surface area contributed by atoms with Gasteiger partial charge >= 0.3 is 0 Å². The highest BCUT2D eigenvalue weighted by atomic mass is 19.1. The van der Waals surface area contributed by atoms with Gasteiger partial charge in [0, 0.05) is 18.7 Å². The molecule has 5 heteroatoms. The lowest BCUT2D eigenvalue weighted by atomic mass is 9.85. The Morgan fingerprint density at radius 2 is 2.15 bits per heavy atom. The summed E-state index contributed by atoms with van der Waals surface area (Å²) in [7, 11) is 0. The van der Waals surface area contributed by atoms with Crippen LogP contribution in [0.25, 0.3) is 0 Å². The molecule has 2 N–H and O–H groups in total. The summed E-state index contributed by atoms with van der Waals surface area (Å²) in [4.78, 5) is 11.8. The predicted octanol–water partition coefficient (Wildman–Crippen LogP) is 2.12. The van der Waals surface area contributed by atoms with Crippen molar-refractivity contribution in [1.82, 2.24) is 5.32 Å². The van der Waals surface area contributed by atoms with Crippen LogP contribution < -0.4 is 10.1 Å². The third kappa shape index (κ3) is 5.57. The van der Waals surface area contributed by atoms with Crippen LogP contribution in [-0.2, 0) is 4.79 Å². The van der Waals surface area contributed by atoms with Crippen LogP contribution in [0.15, 0.2) is 24.3 Å². The number of rotatable bonds is 6. The van der Waals surface area contributed by atoms with Gasteiger partial charge in [0.05, 0.1) is 0 Å².